The number of aromatic nitrogens is 1. The molecule has 6 nitrogen and oxygen atoms in total. The highest BCUT2D eigenvalue weighted by molar-refractivity contribution is 5.97. The van der Waals surface area contributed by atoms with Crippen LogP contribution in [0.4, 0.5) is 5.82 Å². The zero-order valence-electron chi connectivity index (χ0n) is 16.7. The molecule has 1 heterocycles. The van der Waals surface area contributed by atoms with Crippen LogP contribution in [0, 0.1) is 13.8 Å². The maximum Gasteiger partial charge on any atom is 0.246 e. The maximum absolute atomic E-state index is 10.1. The molecular weight excluding hydrogens is 340 g/mol. The van der Waals surface area contributed by atoms with E-state index in [0.717, 1.165) is 34.6 Å². The first-order valence-corrected chi connectivity index (χ1v) is 8.97. The Morgan fingerprint density at radius 2 is 1.89 bits per heavy atom. The van der Waals surface area contributed by atoms with E-state index in [1.54, 1.807) is 6.20 Å². The normalized spacial score (nSPS) is 11.4. The lowest BCUT2D eigenvalue weighted by molar-refractivity contribution is 0.322. The van der Waals surface area contributed by atoms with Gasteiger partial charge in [0, 0.05) is 25.4 Å². The van der Waals surface area contributed by atoms with Crippen LogP contribution in [0.25, 0.3) is 5.70 Å². The fraction of sp³-hybridized carbons (Fsp3) is 0.333. The summed E-state index contributed by atoms with van der Waals surface area (Å²) < 4.78 is 0. The summed E-state index contributed by atoms with van der Waals surface area (Å²) in [4.78, 5) is 16.0. The number of aryl methyl sites for hydroxylation is 3. The van der Waals surface area contributed by atoms with Gasteiger partial charge >= 0.3 is 0 Å². The Balaban J connectivity index is 2.40. The number of hydrogen-bond acceptors (Lipinski definition) is 6. The summed E-state index contributed by atoms with van der Waals surface area (Å²) >= 11 is 0. The van der Waals surface area contributed by atoms with Gasteiger partial charge in [0.2, 0.25) is 5.90 Å². The number of nitrogens with zero attached hydrogens (tertiary/aromatic N) is 3. The molecule has 0 aliphatic heterocycles. The summed E-state index contributed by atoms with van der Waals surface area (Å²) in [5.74, 6) is 6.92. The number of phenolic OH excluding ortho intramolecular Hbond substituents is 1. The number of rotatable bonds is 6. The second-order valence-corrected chi connectivity index (χ2v) is 6.51. The van der Waals surface area contributed by atoms with Crippen molar-refractivity contribution >= 4 is 17.4 Å². The summed E-state index contributed by atoms with van der Waals surface area (Å²) in [5.41, 5.74) is 4.61. The molecular formula is C21H28N4O2. The molecule has 0 amide bonds. The van der Waals surface area contributed by atoms with Crippen LogP contribution < -0.4 is 10.8 Å². The van der Waals surface area contributed by atoms with Crippen molar-refractivity contribution in [2.75, 3.05) is 18.5 Å². The van der Waals surface area contributed by atoms with Gasteiger partial charge in [-0.15, -0.1) is 0 Å². The monoisotopic (exact) mass is 368 g/mol. The second-order valence-electron chi connectivity index (χ2n) is 6.51. The van der Waals surface area contributed by atoms with Crippen molar-refractivity contribution in [3.63, 3.8) is 0 Å². The second kappa shape index (κ2) is 8.68. The van der Waals surface area contributed by atoms with Gasteiger partial charge in [0.15, 0.2) is 0 Å². The van der Waals surface area contributed by atoms with Crippen LogP contribution >= 0.6 is 0 Å². The van der Waals surface area contributed by atoms with Crippen LogP contribution in [-0.2, 0) is 11.3 Å². The van der Waals surface area contributed by atoms with Crippen molar-refractivity contribution in [2.24, 2.45) is 10.9 Å². The van der Waals surface area contributed by atoms with E-state index in [-0.39, 0.29) is 5.90 Å². The Morgan fingerprint density at radius 1 is 1.22 bits per heavy atom. The number of pyridine rings is 1. The first-order valence-electron chi connectivity index (χ1n) is 8.97. The van der Waals surface area contributed by atoms with Gasteiger partial charge in [-0.2, -0.15) is 5.90 Å². The van der Waals surface area contributed by atoms with Gasteiger partial charge in [-0.3, -0.25) is 0 Å². The molecule has 27 heavy (non-hydrogen) atoms. The Bertz CT molecular complexity index is 875. The van der Waals surface area contributed by atoms with Gasteiger partial charge in [-0.1, -0.05) is 13.5 Å². The molecule has 0 fully saturated rings. The lowest BCUT2D eigenvalue weighted by Crippen LogP contribution is -2.19. The lowest BCUT2D eigenvalue weighted by atomic mass is 10.0. The van der Waals surface area contributed by atoms with E-state index >= 15 is 0 Å². The van der Waals surface area contributed by atoms with E-state index in [9.17, 15) is 5.11 Å². The molecule has 144 valence electrons. The standard InChI is InChI=1S/C21H28N4O2/c1-7-16-11-17(9-13(3)19(16)26)15(5)24-21(27-22)18-10-14(4)20(23-12-18)25(6)8-2/h9-12,26H,5,7-8,22H2,1-4,6H3. The van der Waals surface area contributed by atoms with Crippen LogP contribution in [0.2, 0.25) is 0 Å². The number of nitrogens with two attached hydrogens (primary N) is 1. The smallest absolute Gasteiger partial charge is 0.246 e. The molecule has 1 aromatic carbocycles. The molecule has 0 saturated heterocycles. The first-order chi connectivity index (χ1) is 12.8. The highest BCUT2D eigenvalue weighted by Gasteiger charge is 2.13. The van der Waals surface area contributed by atoms with E-state index in [4.69, 9.17) is 10.7 Å². The predicted molar refractivity (Wildman–Crippen MR) is 111 cm³/mol. The van der Waals surface area contributed by atoms with Crippen molar-refractivity contribution < 1.29 is 9.94 Å². The Hall–Kier alpha value is -2.86. The van der Waals surface area contributed by atoms with Crippen molar-refractivity contribution in [3.8, 4) is 5.75 Å². The quantitative estimate of drug-likeness (QED) is 0.461. The molecule has 2 rings (SSSR count). The van der Waals surface area contributed by atoms with Gasteiger partial charge in [-0.25, -0.2) is 9.98 Å². The summed E-state index contributed by atoms with van der Waals surface area (Å²) in [6.07, 6.45) is 2.40. The average Bonchev–Trinajstić information content (AvgIpc) is 2.67. The maximum atomic E-state index is 10.1. The number of hydrogen-bond donors (Lipinski definition) is 2. The molecule has 3 N–H and O–H groups in total. The predicted octanol–water partition coefficient (Wildman–Crippen LogP) is 3.73. The molecule has 0 atom stereocenters. The number of benzene rings is 1. The molecule has 0 aliphatic carbocycles. The highest BCUT2D eigenvalue weighted by Crippen LogP contribution is 2.28. The fourth-order valence-corrected chi connectivity index (χ4v) is 2.87. The number of phenols is 1. The van der Waals surface area contributed by atoms with Crippen molar-refractivity contribution in [1.29, 1.82) is 0 Å². The van der Waals surface area contributed by atoms with Crippen LogP contribution in [0.5, 0.6) is 5.75 Å². The zero-order chi connectivity index (χ0) is 20.1. The van der Waals surface area contributed by atoms with E-state index in [2.05, 4.69) is 28.4 Å². The van der Waals surface area contributed by atoms with E-state index in [0.29, 0.717) is 23.4 Å². The molecule has 2 aromatic rings. The Kier molecular flexibility index (Phi) is 6.58. The highest BCUT2D eigenvalue weighted by atomic mass is 16.6. The molecule has 0 bridgehead atoms. The summed E-state index contributed by atoms with van der Waals surface area (Å²) in [6.45, 7) is 12.8. The van der Waals surface area contributed by atoms with Crippen LogP contribution in [0.3, 0.4) is 0 Å². The SMILES string of the molecule is C=C(N=C(ON)c1cnc(N(C)CC)c(C)c1)c1cc(C)c(O)c(CC)c1. The van der Waals surface area contributed by atoms with Gasteiger partial charge in [0.05, 0.1) is 11.3 Å². The van der Waals surface area contributed by atoms with Gasteiger partial charge in [0.1, 0.15) is 11.6 Å². The minimum Gasteiger partial charge on any atom is -0.507 e. The molecule has 6 heteroatoms. The topological polar surface area (TPSA) is 84.0 Å². The van der Waals surface area contributed by atoms with E-state index < -0.39 is 0 Å². The van der Waals surface area contributed by atoms with E-state index in [1.807, 2.05) is 46.0 Å². The van der Waals surface area contributed by atoms with Crippen molar-refractivity contribution in [1.82, 2.24) is 4.98 Å². The van der Waals surface area contributed by atoms with E-state index in [1.165, 1.54) is 0 Å². The summed E-state index contributed by atoms with van der Waals surface area (Å²) in [6, 6.07) is 5.66. The third-order valence-corrected chi connectivity index (χ3v) is 4.58. The largest absolute Gasteiger partial charge is 0.507 e. The number of aliphatic imine (C=N–C) groups is 1. The third kappa shape index (κ3) is 4.46. The van der Waals surface area contributed by atoms with Crippen LogP contribution in [-0.4, -0.2) is 29.6 Å². The Morgan fingerprint density at radius 3 is 2.44 bits per heavy atom. The third-order valence-electron chi connectivity index (χ3n) is 4.58. The first kappa shape index (κ1) is 20.5. The molecule has 0 aliphatic rings. The molecule has 1 aromatic heterocycles. The Labute approximate surface area is 161 Å². The van der Waals surface area contributed by atoms with Crippen molar-refractivity contribution in [2.45, 2.75) is 34.1 Å². The minimum atomic E-state index is 0.241. The zero-order valence-corrected chi connectivity index (χ0v) is 16.7. The summed E-state index contributed by atoms with van der Waals surface area (Å²) in [5, 5.41) is 10.1. The van der Waals surface area contributed by atoms with Crippen molar-refractivity contribution in [3.05, 3.63) is 58.8 Å². The van der Waals surface area contributed by atoms with Gasteiger partial charge in [-0.05, 0) is 62.1 Å². The lowest BCUT2D eigenvalue weighted by Gasteiger charge is -2.18. The number of anilines is 1. The molecule has 0 unspecified atom stereocenters. The minimum absolute atomic E-state index is 0.241. The molecule has 0 saturated carbocycles. The van der Waals surface area contributed by atoms with Crippen LogP contribution in [0.1, 0.15) is 41.7 Å². The summed E-state index contributed by atoms with van der Waals surface area (Å²) in [7, 11) is 1.99. The van der Waals surface area contributed by atoms with Gasteiger partial charge < -0.3 is 14.8 Å². The molecule has 0 radical (unpaired) electrons. The number of aromatic hydroxyl groups is 1. The fourth-order valence-electron chi connectivity index (χ4n) is 2.87. The molecule has 0 spiro atoms. The average molecular weight is 368 g/mol. The van der Waals surface area contributed by atoms with Gasteiger partial charge in [0.25, 0.3) is 0 Å². The van der Waals surface area contributed by atoms with Crippen LogP contribution in [0.15, 0.2) is 36.0 Å².